The number of carbonyl (C=O) groups is 1. The molecule has 0 unspecified atom stereocenters. The largest absolute Gasteiger partial charge is 0.393 e. The molecule has 0 radical (unpaired) electrons. The number of amides is 1. The number of piperidine rings is 1. The molecule has 0 bridgehead atoms. The first-order valence-corrected chi connectivity index (χ1v) is 6.97. The Morgan fingerprint density at radius 2 is 2.21 bits per heavy atom. The predicted molar refractivity (Wildman–Crippen MR) is 74.0 cm³/mol. The Balaban J connectivity index is 1.62. The standard InChI is InChI=1S/C14H23N3O2/c1-16-8-2-4-13(16)14(19)15-7-3-9-17-10-5-12(18)6-11-17/h2,4,8,12,18H,3,5-7,9-11H2,1H3,(H,15,19). The molecule has 0 aromatic carbocycles. The Hall–Kier alpha value is -1.33. The molecular weight excluding hydrogens is 242 g/mol. The lowest BCUT2D eigenvalue weighted by molar-refractivity contribution is 0.0816. The SMILES string of the molecule is Cn1cccc1C(=O)NCCCN1CCC(O)CC1. The zero-order valence-electron chi connectivity index (χ0n) is 11.5. The number of rotatable bonds is 5. The van der Waals surface area contributed by atoms with Crippen molar-refractivity contribution >= 4 is 5.91 Å². The number of nitrogens with one attached hydrogen (secondary N) is 1. The number of likely N-dealkylation sites (tertiary alicyclic amines) is 1. The normalized spacial score (nSPS) is 17.6. The van der Waals surface area contributed by atoms with Gasteiger partial charge in [0.25, 0.3) is 5.91 Å². The molecule has 1 aliphatic heterocycles. The van der Waals surface area contributed by atoms with Gasteiger partial charge in [0.1, 0.15) is 5.69 Å². The third kappa shape index (κ3) is 4.08. The maximum absolute atomic E-state index is 11.8. The van der Waals surface area contributed by atoms with E-state index in [0.29, 0.717) is 12.2 Å². The summed E-state index contributed by atoms with van der Waals surface area (Å²) in [5.74, 6) is -0.0124. The second-order valence-electron chi connectivity index (χ2n) is 5.19. The smallest absolute Gasteiger partial charge is 0.267 e. The first kappa shape index (κ1) is 14.1. The number of nitrogens with zero attached hydrogens (tertiary/aromatic N) is 2. The molecular formula is C14H23N3O2. The van der Waals surface area contributed by atoms with Gasteiger partial charge in [0.05, 0.1) is 6.10 Å². The molecule has 2 rings (SSSR count). The fourth-order valence-corrected chi connectivity index (χ4v) is 2.44. The maximum Gasteiger partial charge on any atom is 0.267 e. The molecule has 0 saturated carbocycles. The van der Waals surface area contributed by atoms with Crippen molar-refractivity contribution in [1.82, 2.24) is 14.8 Å². The lowest BCUT2D eigenvalue weighted by atomic mass is 10.1. The van der Waals surface area contributed by atoms with E-state index in [1.807, 2.05) is 29.9 Å². The lowest BCUT2D eigenvalue weighted by Gasteiger charge is -2.29. The van der Waals surface area contributed by atoms with Crippen LogP contribution in [0.25, 0.3) is 0 Å². The van der Waals surface area contributed by atoms with E-state index >= 15 is 0 Å². The van der Waals surface area contributed by atoms with Crippen LogP contribution in [0.3, 0.4) is 0 Å². The zero-order chi connectivity index (χ0) is 13.7. The summed E-state index contributed by atoms with van der Waals surface area (Å²) in [5.41, 5.74) is 0.695. The topological polar surface area (TPSA) is 57.5 Å². The van der Waals surface area contributed by atoms with Crippen LogP contribution in [-0.4, -0.2) is 52.8 Å². The second-order valence-corrected chi connectivity index (χ2v) is 5.19. The van der Waals surface area contributed by atoms with E-state index in [2.05, 4.69) is 10.2 Å². The van der Waals surface area contributed by atoms with Crippen molar-refractivity contribution in [2.45, 2.75) is 25.4 Å². The minimum Gasteiger partial charge on any atom is -0.393 e. The van der Waals surface area contributed by atoms with Gasteiger partial charge in [-0.2, -0.15) is 0 Å². The summed E-state index contributed by atoms with van der Waals surface area (Å²) < 4.78 is 1.82. The summed E-state index contributed by atoms with van der Waals surface area (Å²) in [6, 6.07) is 3.69. The Bertz CT molecular complexity index is 409. The summed E-state index contributed by atoms with van der Waals surface area (Å²) in [6.45, 7) is 3.61. The van der Waals surface area contributed by atoms with Gasteiger partial charge in [-0.1, -0.05) is 0 Å². The molecule has 2 N–H and O–H groups in total. The van der Waals surface area contributed by atoms with Crippen LogP contribution in [0.1, 0.15) is 29.8 Å². The minimum absolute atomic E-state index is 0.0124. The van der Waals surface area contributed by atoms with E-state index in [-0.39, 0.29) is 12.0 Å². The molecule has 1 saturated heterocycles. The minimum atomic E-state index is -0.117. The number of aliphatic hydroxyl groups excluding tert-OH is 1. The highest BCUT2D eigenvalue weighted by Crippen LogP contribution is 2.09. The average Bonchev–Trinajstić information content (AvgIpc) is 2.83. The summed E-state index contributed by atoms with van der Waals surface area (Å²) in [6.07, 6.45) is 4.44. The molecule has 1 fully saturated rings. The number of hydrogen-bond donors (Lipinski definition) is 2. The predicted octanol–water partition coefficient (Wildman–Crippen LogP) is 0.602. The molecule has 0 aliphatic carbocycles. The van der Waals surface area contributed by atoms with Gasteiger partial charge in [-0.05, 0) is 37.9 Å². The number of aliphatic hydroxyl groups is 1. The van der Waals surface area contributed by atoms with Gasteiger partial charge < -0.3 is 19.9 Å². The molecule has 1 aliphatic rings. The molecule has 1 aromatic heterocycles. The van der Waals surface area contributed by atoms with Crippen LogP contribution in [0.5, 0.6) is 0 Å². The lowest BCUT2D eigenvalue weighted by Crippen LogP contribution is -2.37. The Labute approximate surface area is 114 Å². The molecule has 5 nitrogen and oxygen atoms in total. The van der Waals surface area contributed by atoms with Crippen molar-refractivity contribution in [3.05, 3.63) is 24.0 Å². The summed E-state index contributed by atoms with van der Waals surface area (Å²) in [4.78, 5) is 14.2. The monoisotopic (exact) mass is 265 g/mol. The van der Waals surface area contributed by atoms with Crippen LogP contribution in [0.15, 0.2) is 18.3 Å². The van der Waals surface area contributed by atoms with Crippen molar-refractivity contribution < 1.29 is 9.90 Å². The van der Waals surface area contributed by atoms with Crippen LogP contribution in [0.4, 0.5) is 0 Å². The number of aryl methyl sites for hydroxylation is 1. The number of hydrogen-bond acceptors (Lipinski definition) is 3. The van der Waals surface area contributed by atoms with E-state index in [1.165, 1.54) is 0 Å². The van der Waals surface area contributed by atoms with E-state index in [0.717, 1.165) is 38.9 Å². The van der Waals surface area contributed by atoms with Crippen LogP contribution >= 0.6 is 0 Å². The zero-order valence-corrected chi connectivity index (χ0v) is 11.5. The first-order valence-electron chi connectivity index (χ1n) is 6.97. The van der Waals surface area contributed by atoms with E-state index in [1.54, 1.807) is 0 Å². The van der Waals surface area contributed by atoms with Gasteiger partial charge in [-0.3, -0.25) is 4.79 Å². The summed E-state index contributed by atoms with van der Waals surface area (Å²) in [7, 11) is 1.87. The Morgan fingerprint density at radius 3 is 2.84 bits per heavy atom. The molecule has 2 heterocycles. The van der Waals surface area contributed by atoms with Gasteiger partial charge in [-0.25, -0.2) is 0 Å². The average molecular weight is 265 g/mol. The van der Waals surface area contributed by atoms with Crippen LogP contribution in [-0.2, 0) is 7.05 Å². The molecule has 1 amide bonds. The quantitative estimate of drug-likeness (QED) is 0.767. The molecule has 1 aromatic rings. The van der Waals surface area contributed by atoms with Crippen molar-refractivity contribution in [3.63, 3.8) is 0 Å². The summed E-state index contributed by atoms with van der Waals surface area (Å²) in [5, 5.41) is 12.4. The fraction of sp³-hybridized carbons (Fsp3) is 0.643. The summed E-state index contributed by atoms with van der Waals surface area (Å²) >= 11 is 0. The van der Waals surface area contributed by atoms with Gasteiger partial charge in [0.2, 0.25) is 0 Å². The molecule has 5 heteroatoms. The first-order chi connectivity index (χ1) is 9.16. The molecule has 106 valence electrons. The highest BCUT2D eigenvalue weighted by atomic mass is 16.3. The van der Waals surface area contributed by atoms with Gasteiger partial charge >= 0.3 is 0 Å². The highest BCUT2D eigenvalue weighted by Gasteiger charge is 2.16. The van der Waals surface area contributed by atoms with Crippen molar-refractivity contribution in [1.29, 1.82) is 0 Å². The van der Waals surface area contributed by atoms with Crippen molar-refractivity contribution in [2.75, 3.05) is 26.2 Å². The van der Waals surface area contributed by atoms with Crippen molar-refractivity contribution in [3.8, 4) is 0 Å². The Kier molecular flexibility index (Phi) is 4.99. The third-order valence-corrected chi connectivity index (χ3v) is 3.67. The van der Waals surface area contributed by atoms with E-state index in [9.17, 15) is 9.90 Å². The van der Waals surface area contributed by atoms with Crippen LogP contribution < -0.4 is 5.32 Å². The fourth-order valence-electron chi connectivity index (χ4n) is 2.44. The molecule has 0 spiro atoms. The number of carbonyl (C=O) groups excluding carboxylic acids is 1. The van der Waals surface area contributed by atoms with Crippen molar-refractivity contribution in [2.24, 2.45) is 7.05 Å². The highest BCUT2D eigenvalue weighted by molar-refractivity contribution is 5.92. The van der Waals surface area contributed by atoms with E-state index < -0.39 is 0 Å². The molecule has 19 heavy (non-hydrogen) atoms. The maximum atomic E-state index is 11.8. The van der Waals surface area contributed by atoms with Gasteiger partial charge in [0.15, 0.2) is 0 Å². The van der Waals surface area contributed by atoms with Gasteiger partial charge in [0, 0.05) is 32.9 Å². The third-order valence-electron chi connectivity index (χ3n) is 3.67. The van der Waals surface area contributed by atoms with Crippen LogP contribution in [0.2, 0.25) is 0 Å². The number of aromatic nitrogens is 1. The van der Waals surface area contributed by atoms with E-state index in [4.69, 9.17) is 0 Å². The van der Waals surface area contributed by atoms with Gasteiger partial charge in [-0.15, -0.1) is 0 Å². The van der Waals surface area contributed by atoms with Crippen LogP contribution in [0, 0.1) is 0 Å². The Morgan fingerprint density at radius 1 is 1.47 bits per heavy atom. The molecule has 0 atom stereocenters. The second kappa shape index (κ2) is 6.73.